The van der Waals surface area contributed by atoms with Crippen LogP contribution in [0.1, 0.15) is 6.92 Å². The molecule has 0 aliphatic carbocycles. The van der Waals surface area contributed by atoms with Gasteiger partial charge < -0.3 is 0 Å². The molecule has 38 valence electrons. The zero-order chi connectivity index (χ0) is 5.28. The first-order valence-electron chi connectivity index (χ1n) is 2.19. The van der Waals surface area contributed by atoms with Crippen molar-refractivity contribution in [2.45, 2.75) is 13.0 Å². The molecule has 0 saturated heterocycles. The van der Waals surface area contributed by atoms with E-state index in [9.17, 15) is 0 Å². The summed E-state index contributed by atoms with van der Waals surface area (Å²) in [5.74, 6) is 0. The molecule has 1 heterocycles. The van der Waals surface area contributed by atoms with Gasteiger partial charge in [0.15, 0.2) is 0 Å². The Balaban J connectivity index is 2.69. The van der Waals surface area contributed by atoms with E-state index in [-0.39, 0.29) is 0 Å². The van der Waals surface area contributed by atoms with Gasteiger partial charge >= 0.3 is 0 Å². The van der Waals surface area contributed by atoms with E-state index in [0.717, 1.165) is 5.03 Å². The molecule has 0 saturated carbocycles. The molecular weight excluding hydrogens is 110 g/mol. The van der Waals surface area contributed by atoms with E-state index in [4.69, 9.17) is 11.6 Å². The lowest BCUT2D eigenvalue weighted by molar-refractivity contribution is 0.950. The van der Waals surface area contributed by atoms with Crippen LogP contribution in [0.2, 0.25) is 0 Å². The summed E-state index contributed by atoms with van der Waals surface area (Å²) >= 11 is 5.52. The maximum atomic E-state index is 5.52. The van der Waals surface area contributed by atoms with Crippen molar-refractivity contribution in [2.75, 3.05) is 0 Å². The lowest BCUT2D eigenvalue weighted by atomic mass is 10.4. The van der Waals surface area contributed by atoms with Gasteiger partial charge in [-0.05, 0) is 13.0 Å². The van der Waals surface area contributed by atoms with Gasteiger partial charge in [0.2, 0.25) is 0 Å². The van der Waals surface area contributed by atoms with Crippen molar-refractivity contribution in [3.63, 3.8) is 0 Å². The number of nitrogens with zero attached hydrogens (tertiary/aromatic N) is 1. The van der Waals surface area contributed by atoms with Gasteiger partial charge in [0.25, 0.3) is 0 Å². The second-order valence-electron chi connectivity index (χ2n) is 1.57. The predicted molar refractivity (Wildman–Crippen MR) is 31.9 cm³/mol. The van der Waals surface area contributed by atoms with E-state index in [0.29, 0.717) is 6.04 Å². The lowest BCUT2D eigenvalue weighted by Gasteiger charge is -1.84. The monoisotopic (exact) mass is 115 g/mol. The minimum Gasteiger partial charge on any atom is -0.284 e. The largest absolute Gasteiger partial charge is 0.284 e. The molecule has 1 nitrogen and oxygen atoms in total. The first-order valence-corrected chi connectivity index (χ1v) is 2.57. The molecular formula is C5H6ClN. The number of aliphatic imine (C=N–C) groups is 1. The molecule has 0 fully saturated rings. The molecule has 1 rings (SSSR count). The standard InChI is InChI=1S/C5H6ClN/c1-4-2-5(6)3-7-4/h2-4H,1H3. The smallest absolute Gasteiger partial charge is 0.0670 e. The molecule has 0 N–H and O–H groups in total. The second-order valence-corrected chi connectivity index (χ2v) is 2.01. The molecule has 0 aromatic heterocycles. The molecule has 1 atom stereocenters. The van der Waals surface area contributed by atoms with E-state index in [1.54, 1.807) is 6.21 Å². The van der Waals surface area contributed by atoms with Crippen molar-refractivity contribution in [3.8, 4) is 0 Å². The summed E-state index contributed by atoms with van der Waals surface area (Å²) in [5.41, 5.74) is 0. The van der Waals surface area contributed by atoms with E-state index in [2.05, 4.69) is 4.99 Å². The van der Waals surface area contributed by atoms with Crippen LogP contribution < -0.4 is 0 Å². The van der Waals surface area contributed by atoms with Gasteiger partial charge in [-0.3, -0.25) is 4.99 Å². The third-order valence-corrected chi connectivity index (χ3v) is 1.06. The molecule has 0 amide bonds. The zero-order valence-corrected chi connectivity index (χ0v) is 4.81. The van der Waals surface area contributed by atoms with Crippen LogP contribution in [0.4, 0.5) is 0 Å². The average Bonchev–Trinajstić information content (AvgIpc) is 1.87. The predicted octanol–water partition coefficient (Wildman–Crippen LogP) is 1.58. The normalized spacial score (nSPS) is 28.3. The molecule has 1 aliphatic rings. The van der Waals surface area contributed by atoms with Gasteiger partial charge in [-0.2, -0.15) is 0 Å². The van der Waals surface area contributed by atoms with Crippen molar-refractivity contribution in [1.29, 1.82) is 0 Å². The van der Waals surface area contributed by atoms with Crippen LogP contribution in [-0.4, -0.2) is 12.3 Å². The quantitative estimate of drug-likeness (QED) is 0.455. The highest BCUT2D eigenvalue weighted by atomic mass is 35.5. The fraction of sp³-hybridized carbons (Fsp3) is 0.400. The summed E-state index contributed by atoms with van der Waals surface area (Å²) < 4.78 is 0. The van der Waals surface area contributed by atoms with Crippen molar-refractivity contribution in [2.24, 2.45) is 4.99 Å². The highest BCUT2D eigenvalue weighted by Crippen LogP contribution is 2.08. The second kappa shape index (κ2) is 1.66. The summed E-state index contributed by atoms with van der Waals surface area (Å²) in [6.45, 7) is 1.99. The third kappa shape index (κ3) is 1.03. The Morgan fingerprint density at radius 3 is 2.71 bits per heavy atom. The lowest BCUT2D eigenvalue weighted by Crippen LogP contribution is -1.82. The summed E-state index contributed by atoms with van der Waals surface area (Å²) in [6, 6.07) is 0.299. The van der Waals surface area contributed by atoms with Crippen LogP contribution >= 0.6 is 11.6 Å². The number of halogens is 1. The van der Waals surface area contributed by atoms with Crippen molar-refractivity contribution >= 4 is 17.8 Å². The maximum Gasteiger partial charge on any atom is 0.0670 e. The van der Waals surface area contributed by atoms with Crippen LogP contribution in [0.15, 0.2) is 16.1 Å². The van der Waals surface area contributed by atoms with Gasteiger partial charge in [-0.25, -0.2) is 0 Å². The van der Waals surface area contributed by atoms with Gasteiger partial charge in [0, 0.05) is 6.21 Å². The Morgan fingerprint density at radius 1 is 1.86 bits per heavy atom. The summed E-state index contributed by atoms with van der Waals surface area (Å²) in [6.07, 6.45) is 3.58. The van der Waals surface area contributed by atoms with Crippen LogP contribution in [0.5, 0.6) is 0 Å². The van der Waals surface area contributed by atoms with Gasteiger partial charge in [-0.1, -0.05) is 11.6 Å². The Kier molecular flexibility index (Phi) is 1.15. The molecule has 1 aliphatic heterocycles. The average molecular weight is 116 g/mol. The molecule has 1 unspecified atom stereocenters. The fourth-order valence-electron chi connectivity index (χ4n) is 0.505. The Bertz CT molecular complexity index is 126. The van der Waals surface area contributed by atoms with E-state index in [1.807, 2.05) is 13.0 Å². The first kappa shape index (κ1) is 4.85. The zero-order valence-electron chi connectivity index (χ0n) is 4.06. The van der Waals surface area contributed by atoms with Gasteiger partial charge in [0.1, 0.15) is 0 Å². The molecule has 0 aromatic carbocycles. The topological polar surface area (TPSA) is 12.4 Å². The third-order valence-electron chi connectivity index (χ3n) is 0.833. The molecule has 0 aromatic rings. The fourth-order valence-corrected chi connectivity index (χ4v) is 0.744. The van der Waals surface area contributed by atoms with Crippen molar-refractivity contribution in [1.82, 2.24) is 0 Å². The van der Waals surface area contributed by atoms with E-state index in [1.165, 1.54) is 0 Å². The molecule has 0 radical (unpaired) electrons. The Morgan fingerprint density at radius 2 is 2.57 bits per heavy atom. The molecule has 0 bridgehead atoms. The van der Waals surface area contributed by atoms with Crippen LogP contribution in [0, 0.1) is 0 Å². The van der Waals surface area contributed by atoms with Gasteiger partial charge in [-0.15, -0.1) is 0 Å². The minimum absolute atomic E-state index is 0.299. The summed E-state index contributed by atoms with van der Waals surface area (Å²) in [7, 11) is 0. The SMILES string of the molecule is CC1C=C(Cl)C=N1. The molecule has 0 spiro atoms. The van der Waals surface area contributed by atoms with Crippen LogP contribution in [-0.2, 0) is 0 Å². The van der Waals surface area contributed by atoms with Crippen molar-refractivity contribution in [3.05, 3.63) is 11.1 Å². The number of hydrogen-bond donors (Lipinski definition) is 0. The van der Waals surface area contributed by atoms with Gasteiger partial charge in [0.05, 0.1) is 11.1 Å². The first-order chi connectivity index (χ1) is 3.29. The number of rotatable bonds is 0. The maximum absolute atomic E-state index is 5.52. The highest BCUT2D eigenvalue weighted by Gasteiger charge is 1.99. The Hall–Kier alpha value is -0.300. The highest BCUT2D eigenvalue weighted by molar-refractivity contribution is 6.39. The summed E-state index contributed by atoms with van der Waals surface area (Å²) in [5, 5.41) is 0.757. The Labute approximate surface area is 47.7 Å². The minimum atomic E-state index is 0.299. The van der Waals surface area contributed by atoms with E-state index < -0.39 is 0 Å². The van der Waals surface area contributed by atoms with E-state index >= 15 is 0 Å². The van der Waals surface area contributed by atoms with Crippen LogP contribution in [0.25, 0.3) is 0 Å². The number of allylic oxidation sites excluding steroid dienone is 1. The molecule has 7 heavy (non-hydrogen) atoms. The summed E-state index contributed by atoms with van der Waals surface area (Å²) in [4.78, 5) is 3.97. The van der Waals surface area contributed by atoms with Crippen molar-refractivity contribution < 1.29 is 0 Å². The number of hydrogen-bond acceptors (Lipinski definition) is 1. The van der Waals surface area contributed by atoms with Crippen LogP contribution in [0.3, 0.4) is 0 Å². The molecule has 2 heteroatoms.